The van der Waals surface area contributed by atoms with Crippen molar-refractivity contribution in [3.63, 3.8) is 0 Å². The van der Waals surface area contributed by atoms with Crippen LogP contribution in [0, 0.1) is 11.3 Å². The van der Waals surface area contributed by atoms with Crippen LogP contribution in [0.15, 0.2) is 29.2 Å². The third kappa shape index (κ3) is 3.56. The van der Waals surface area contributed by atoms with E-state index in [9.17, 15) is 9.59 Å². The molecule has 6 heteroatoms. The number of benzene rings is 1. The second-order valence-electron chi connectivity index (χ2n) is 7.91. The highest BCUT2D eigenvalue weighted by Gasteiger charge is 2.49. The zero-order valence-corrected chi connectivity index (χ0v) is 16.2. The molecule has 2 aliphatic heterocycles. The van der Waals surface area contributed by atoms with Crippen molar-refractivity contribution in [3.05, 3.63) is 24.3 Å². The van der Waals surface area contributed by atoms with E-state index in [0.717, 1.165) is 44.0 Å². The Bertz CT molecular complexity index is 689. The van der Waals surface area contributed by atoms with E-state index in [1.807, 2.05) is 35.4 Å². The van der Waals surface area contributed by atoms with Gasteiger partial charge in [0, 0.05) is 36.8 Å². The number of piperidine rings is 1. The van der Waals surface area contributed by atoms with Crippen LogP contribution in [0.4, 0.5) is 10.5 Å². The molecular formula is C20H27N3O2S. The van der Waals surface area contributed by atoms with Crippen molar-refractivity contribution in [2.75, 3.05) is 37.8 Å². The summed E-state index contributed by atoms with van der Waals surface area (Å²) in [6.07, 6.45) is 7.33. The maximum atomic E-state index is 13.1. The van der Waals surface area contributed by atoms with Crippen molar-refractivity contribution in [3.8, 4) is 0 Å². The highest BCUT2D eigenvalue weighted by Crippen LogP contribution is 2.41. The lowest BCUT2D eigenvalue weighted by atomic mass is 9.78. The number of hydrogen-bond donors (Lipinski definition) is 1. The third-order valence-electron chi connectivity index (χ3n) is 5.98. The molecule has 0 aromatic heterocycles. The Morgan fingerprint density at radius 3 is 2.69 bits per heavy atom. The van der Waals surface area contributed by atoms with Crippen molar-refractivity contribution in [2.45, 2.75) is 37.0 Å². The number of carbonyl (C=O) groups is 2. The van der Waals surface area contributed by atoms with Gasteiger partial charge in [-0.25, -0.2) is 4.79 Å². The molecule has 1 aromatic rings. The van der Waals surface area contributed by atoms with Crippen LogP contribution in [0.3, 0.4) is 0 Å². The van der Waals surface area contributed by atoms with Crippen molar-refractivity contribution in [2.24, 2.45) is 11.3 Å². The topological polar surface area (TPSA) is 52.7 Å². The highest BCUT2D eigenvalue weighted by atomic mass is 32.2. The number of rotatable bonds is 4. The first-order valence-electron chi connectivity index (χ1n) is 9.59. The molecule has 3 amide bonds. The average molecular weight is 374 g/mol. The quantitative estimate of drug-likeness (QED) is 0.820. The molecule has 2 heterocycles. The van der Waals surface area contributed by atoms with Crippen LogP contribution in [0.1, 0.15) is 32.1 Å². The lowest BCUT2D eigenvalue weighted by Gasteiger charge is -2.39. The number of likely N-dealkylation sites (tertiary alicyclic amines) is 2. The fourth-order valence-electron chi connectivity index (χ4n) is 4.24. The maximum absolute atomic E-state index is 13.1. The first-order chi connectivity index (χ1) is 12.6. The van der Waals surface area contributed by atoms with Crippen LogP contribution in [0.2, 0.25) is 0 Å². The molecule has 1 spiro atoms. The van der Waals surface area contributed by atoms with E-state index in [1.165, 1.54) is 17.7 Å². The summed E-state index contributed by atoms with van der Waals surface area (Å²) in [5.74, 6) is 1.01. The van der Waals surface area contributed by atoms with Gasteiger partial charge in [-0.1, -0.05) is 0 Å². The molecule has 1 aromatic carbocycles. The smallest absolute Gasteiger partial charge is 0.321 e. The van der Waals surface area contributed by atoms with Crippen LogP contribution in [0.25, 0.3) is 0 Å². The molecule has 1 saturated carbocycles. The number of nitrogens with one attached hydrogen (secondary N) is 1. The van der Waals surface area contributed by atoms with Gasteiger partial charge in [-0.2, -0.15) is 0 Å². The monoisotopic (exact) mass is 373 g/mol. The summed E-state index contributed by atoms with van der Waals surface area (Å²) in [5, 5.41) is 2.98. The minimum Gasteiger partial charge on any atom is -0.342 e. The van der Waals surface area contributed by atoms with E-state index >= 15 is 0 Å². The third-order valence-corrected chi connectivity index (χ3v) is 6.73. The fourth-order valence-corrected chi connectivity index (χ4v) is 4.65. The molecule has 26 heavy (non-hydrogen) atoms. The van der Waals surface area contributed by atoms with Gasteiger partial charge < -0.3 is 15.1 Å². The Hall–Kier alpha value is -1.69. The van der Waals surface area contributed by atoms with E-state index in [-0.39, 0.29) is 17.4 Å². The van der Waals surface area contributed by atoms with Crippen molar-refractivity contribution >= 4 is 29.4 Å². The number of anilines is 1. The molecule has 3 fully saturated rings. The lowest BCUT2D eigenvalue weighted by molar-refractivity contribution is -0.145. The van der Waals surface area contributed by atoms with Crippen molar-refractivity contribution in [1.82, 2.24) is 9.80 Å². The van der Waals surface area contributed by atoms with E-state index in [1.54, 1.807) is 11.8 Å². The van der Waals surface area contributed by atoms with Gasteiger partial charge in [-0.3, -0.25) is 4.79 Å². The Morgan fingerprint density at radius 2 is 2.00 bits per heavy atom. The predicted octanol–water partition coefficient (Wildman–Crippen LogP) is 3.66. The summed E-state index contributed by atoms with van der Waals surface area (Å²) in [6, 6.07) is 7.78. The molecular weight excluding hydrogens is 346 g/mol. The van der Waals surface area contributed by atoms with Crippen LogP contribution in [-0.4, -0.2) is 54.2 Å². The van der Waals surface area contributed by atoms with Gasteiger partial charge in [-0.15, -0.1) is 11.8 Å². The summed E-state index contributed by atoms with van der Waals surface area (Å²) < 4.78 is 0. The fraction of sp³-hybridized carbons (Fsp3) is 0.600. The zero-order valence-electron chi connectivity index (χ0n) is 15.4. The molecule has 4 rings (SSSR count). The SMILES string of the molecule is CSc1ccc(NC(=O)N2CC[C@@]3(CCCN(CC4CC4)C3=O)C2)cc1. The van der Waals surface area contributed by atoms with E-state index in [2.05, 4.69) is 10.2 Å². The number of thioether (sulfide) groups is 1. The van der Waals surface area contributed by atoms with Gasteiger partial charge in [0.1, 0.15) is 0 Å². The summed E-state index contributed by atoms with van der Waals surface area (Å²) in [7, 11) is 0. The maximum Gasteiger partial charge on any atom is 0.321 e. The molecule has 1 atom stereocenters. The Kier molecular flexibility index (Phi) is 4.86. The molecule has 2 saturated heterocycles. The number of amides is 3. The first kappa shape index (κ1) is 17.7. The van der Waals surface area contributed by atoms with Crippen LogP contribution >= 0.6 is 11.8 Å². The number of urea groups is 1. The van der Waals surface area contributed by atoms with Crippen LogP contribution in [0.5, 0.6) is 0 Å². The van der Waals surface area contributed by atoms with Gasteiger partial charge in [-0.05, 0) is 68.5 Å². The summed E-state index contributed by atoms with van der Waals surface area (Å²) in [6.45, 7) is 3.04. The molecule has 140 valence electrons. The molecule has 0 radical (unpaired) electrons. The first-order valence-corrected chi connectivity index (χ1v) is 10.8. The predicted molar refractivity (Wildman–Crippen MR) is 104 cm³/mol. The largest absolute Gasteiger partial charge is 0.342 e. The van der Waals surface area contributed by atoms with Gasteiger partial charge in [0.25, 0.3) is 0 Å². The summed E-state index contributed by atoms with van der Waals surface area (Å²) >= 11 is 1.68. The van der Waals surface area contributed by atoms with Crippen LogP contribution in [-0.2, 0) is 4.79 Å². The van der Waals surface area contributed by atoms with E-state index < -0.39 is 0 Å². The van der Waals surface area contributed by atoms with Gasteiger partial charge in [0.15, 0.2) is 0 Å². The molecule has 3 aliphatic rings. The second kappa shape index (κ2) is 7.14. The summed E-state index contributed by atoms with van der Waals surface area (Å²) in [4.78, 5) is 30.8. The van der Waals surface area contributed by atoms with E-state index in [0.29, 0.717) is 13.1 Å². The molecule has 0 unspecified atom stereocenters. The van der Waals surface area contributed by atoms with Gasteiger partial charge >= 0.3 is 6.03 Å². The van der Waals surface area contributed by atoms with E-state index in [4.69, 9.17) is 0 Å². The Morgan fingerprint density at radius 1 is 1.23 bits per heavy atom. The minimum atomic E-state index is -0.340. The lowest BCUT2D eigenvalue weighted by Crippen LogP contribution is -2.51. The van der Waals surface area contributed by atoms with Crippen molar-refractivity contribution < 1.29 is 9.59 Å². The minimum absolute atomic E-state index is 0.0918. The van der Waals surface area contributed by atoms with Gasteiger partial charge in [0.05, 0.1) is 5.41 Å². The number of nitrogens with zero attached hydrogens (tertiary/aromatic N) is 2. The normalized spacial score (nSPS) is 25.8. The Labute approximate surface area is 159 Å². The van der Waals surface area contributed by atoms with Crippen molar-refractivity contribution in [1.29, 1.82) is 0 Å². The zero-order chi connectivity index (χ0) is 18.1. The molecule has 5 nitrogen and oxygen atoms in total. The molecule has 1 N–H and O–H groups in total. The number of carbonyl (C=O) groups excluding carboxylic acids is 2. The molecule has 0 bridgehead atoms. The number of hydrogen-bond acceptors (Lipinski definition) is 3. The summed E-state index contributed by atoms with van der Waals surface area (Å²) in [5.41, 5.74) is 0.465. The average Bonchev–Trinajstić information content (AvgIpc) is 3.37. The van der Waals surface area contributed by atoms with Gasteiger partial charge in [0.2, 0.25) is 5.91 Å². The highest BCUT2D eigenvalue weighted by molar-refractivity contribution is 7.98. The standard InChI is InChI=1S/C20H27N3O2S/c1-26-17-7-5-16(6-8-17)21-19(25)23-12-10-20(14-23)9-2-11-22(18(20)24)13-15-3-4-15/h5-8,15H,2-4,9-14H2,1H3,(H,21,25)/t20-/m0/s1. The second-order valence-corrected chi connectivity index (χ2v) is 8.79. The molecule has 1 aliphatic carbocycles. The van der Waals surface area contributed by atoms with Crippen LogP contribution < -0.4 is 5.32 Å². The Balaban J connectivity index is 1.38.